The summed E-state index contributed by atoms with van der Waals surface area (Å²) in [5.74, 6) is -1.55. The molecule has 2 aromatic carbocycles. The molecule has 7 nitrogen and oxygen atoms in total. The molecule has 138 valence electrons. The predicted octanol–water partition coefficient (Wildman–Crippen LogP) is 2.13. The summed E-state index contributed by atoms with van der Waals surface area (Å²) < 4.78 is 32.6. The largest absolute Gasteiger partial charge is 0.449 e. The summed E-state index contributed by atoms with van der Waals surface area (Å²) in [4.78, 5) is 23.2. The third kappa shape index (κ3) is 4.60. The van der Waals surface area contributed by atoms with Crippen molar-refractivity contribution in [2.75, 3.05) is 4.72 Å². The molecule has 0 aliphatic carbocycles. The number of nitrogens with one attached hydrogen (secondary N) is 1. The number of sulfonamides is 1. The second kappa shape index (κ2) is 7.57. The Morgan fingerprint density at radius 3 is 2.46 bits per heavy atom. The van der Waals surface area contributed by atoms with Crippen molar-refractivity contribution in [2.45, 2.75) is 31.8 Å². The van der Waals surface area contributed by atoms with Gasteiger partial charge in [0.1, 0.15) is 0 Å². The van der Waals surface area contributed by atoms with Gasteiger partial charge < -0.3 is 10.5 Å². The highest BCUT2D eigenvalue weighted by Crippen LogP contribution is 2.21. The van der Waals surface area contributed by atoms with Crippen molar-refractivity contribution in [1.29, 1.82) is 0 Å². The van der Waals surface area contributed by atoms with Crippen molar-refractivity contribution >= 4 is 27.6 Å². The standard InChI is InChI=1S/C18H20N2O5S/c1-11-7-8-12(2)16(9-11)26(23,24)20-15-6-4-5-14(10-15)18(22)25-13(3)17(19)21/h4-10,13,20H,1-3H3,(H2,19,21)/t13-/m0/s1. The molecule has 2 aromatic rings. The number of anilines is 1. The summed E-state index contributed by atoms with van der Waals surface area (Å²) in [6, 6.07) is 10.9. The Hall–Kier alpha value is -2.87. The molecule has 1 amide bonds. The molecule has 0 spiro atoms. The van der Waals surface area contributed by atoms with Gasteiger partial charge in [0.15, 0.2) is 6.10 Å². The van der Waals surface area contributed by atoms with Crippen LogP contribution in [0.25, 0.3) is 0 Å². The lowest BCUT2D eigenvalue weighted by molar-refractivity contribution is -0.125. The third-order valence-corrected chi connectivity index (χ3v) is 5.19. The van der Waals surface area contributed by atoms with E-state index in [0.717, 1.165) is 5.56 Å². The topological polar surface area (TPSA) is 116 Å². The number of rotatable bonds is 6. The van der Waals surface area contributed by atoms with E-state index in [1.807, 2.05) is 6.07 Å². The molecule has 0 fully saturated rings. The van der Waals surface area contributed by atoms with Crippen LogP contribution >= 0.6 is 0 Å². The van der Waals surface area contributed by atoms with Gasteiger partial charge in [0.2, 0.25) is 0 Å². The highest BCUT2D eigenvalue weighted by Gasteiger charge is 2.19. The minimum atomic E-state index is -3.82. The summed E-state index contributed by atoms with van der Waals surface area (Å²) in [5.41, 5.74) is 6.78. The molecule has 0 aliphatic rings. The van der Waals surface area contributed by atoms with Crippen LogP contribution in [-0.2, 0) is 19.6 Å². The van der Waals surface area contributed by atoms with Gasteiger partial charge in [0.05, 0.1) is 10.5 Å². The van der Waals surface area contributed by atoms with E-state index < -0.39 is 28.0 Å². The van der Waals surface area contributed by atoms with Gasteiger partial charge in [-0.25, -0.2) is 13.2 Å². The zero-order valence-corrected chi connectivity index (χ0v) is 15.5. The molecule has 3 N–H and O–H groups in total. The zero-order chi connectivity index (χ0) is 19.5. The maximum atomic E-state index is 12.6. The Kier molecular flexibility index (Phi) is 5.66. The molecule has 0 unspecified atom stereocenters. The molecule has 8 heteroatoms. The minimum absolute atomic E-state index is 0.0965. The fourth-order valence-corrected chi connectivity index (χ4v) is 3.58. The summed E-state index contributed by atoms with van der Waals surface area (Å²) >= 11 is 0. The number of primary amides is 1. The van der Waals surface area contributed by atoms with Gasteiger partial charge in [0, 0.05) is 5.69 Å². The zero-order valence-electron chi connectivity index (χ0n) is 14.6. The lowest BCUT2D eigenvalue weighted by atomic mass is 10.2. The summed E-state index contributed by atoms with van der Waals surface area (Å²) in [6.07, 6.45) is -1.09. The number of nitrogens with two attached hydrogens (primary N) is 1. The molecule has 26 heavy (non-hydrogen) atoms. The lowest BCUT2D eigenvalue weighted by Crippen LogP contribution is -2.30. The van der Waals surface area contributed by atoms with E-state index in [-0.39, 0.29) is 16.1 Å². The van der Waals surface area contributed by atoms with Crippen LogP contribution in [0.2, 0.25) is 0 Å². The van der Waals surface area contributed by atoms with Crippen LogP contribution < -0.4 is 10.5 Å². The number of hydrogen-bond donors (Lipinski definition) is 2. The van der Waals surface area contributed by atoms with Crippen LogP contribution in [0.15, 0.2) is 47.4 Å². The highest BCUT2D eigenvalue weighted by atomic mass is 32.2. The van der Waals surface area contributed by atoms with Gasteiger partial charge in [-0.1, -0.05) is 18.2 Å². The Morgan fingerprint density at radius 2 is 1.81 bits per heavy atom. The van der Waals surface area contributed by atoms with Gasteiger partial charge in [-0.3, -0.25) is 9.52 Å². The Labute approximate surface area is 152 Å². The quantitative estimate of drug-likeness (QED) is 0.749. The first-order valence-electron chi connectivity index (χ1n) is 7.80. The van der Waals surface area contributed by atoms with Crippen LogP contribution in [0.1, 0.15) is 28.4 Å². The van der Waals surface area contributed by atoms with Crippen LogP contribution in [0.3, 0.4) is 0 Å². The highest BCUT2D eigenvalue weighted by molar-refractivity contribution is 7.92. The first-order valence-corrected chi connectivity index (χ1v) is 9.29. The van der Waals surface area contributed by atoms with Crippen molar-refractivity contribution < 1.29 is 22.7 Å². The minimum Gasteiger partial charge on any atom is -0.449 e. The number of carbonyl (C=O) groups excluding carboxylic acids is 2. The van der Waals surface area contributed by atoms with E-state index >= 15 is 0 Å². The van der Waals surface area contributed by atoms with Gasteiger partial charge in [-0.15, -0.1) is 0 Å². The van der Waals surface area contributed by atoms with Crippen molar-refractivity contribution in [3.05, 3.63) is 59.2 Å². The van der Waals surface area contributed by atoms with Crippen molar-refractivity contribution in [1.82, 2.24) is 0 Å². The molecule has 0 radical (unpaired) electrons. The number of ether oxygens (including phenoxy) is 1. The SMILES string of the molecule is Cc1ccc(C)c(S(=O)(=O)Nc2cccc(C(=O)O[C@@H](C)C(N)=O)c2)c1. The third-order valence-electron chi connectivity index (χ3n) is 3.67. The van der Waals surface area contributed by atoms with E-state index in [1.165, 1.54) is 31.2 Å². The van der Waals surface area contributed by atoms with Crippen LogP contribution in [0, 0.1) is 13.8 Å². The molecule has 0 saturated carbocycles. The van der Waals surface area contributed by atoms with E-state index in [1.54, 1.807) is 26.0 Å². The van der Waals surface area contributed by atoms with Gasteiger partial charge in [0.25, 0.3) is 15.9 Å². The number of esters is 1. The molecule has 0 aromatic heterocycles. The summed E-state index contributed by atoms with van der Waals surface area (Å²) in [7, 11) is -3.82. The number of hydrogen-bond acceptors (Lipinski definition) is 5. The molecule has 0 heterocycles. The van der Waals surface area contributed by atoms with E-state index in [9.17, 15) is 18.0 Å². The Bertz CT molecular complexity index is 954. The predicted molar refractivity (Wildman–Crippen MR) is 97.2 cm³/mol. The van der Waals surface area contributed by atoms with Crippen molar-refractivity contribution in [3.63, 3.8) is 0 Å². The monoisotopic (exact) mass is 376 g/mol. The van der Waals surface area contributed by atoms with Crippen molar-refractivity contribution in [3.8, 4) is 0 Å². The Balaban J connectivity index is 2.26. The summed E-state index contributed by atoms with van der Waals surface area (Å²) in [6.45, 7) is 4.86. The van der Waals surface area contributed by atoms with Crippen LogP contribution in [0.4, 0.5) is 5.69 Å². The molecule has 0 saturated heterocycles. The normalized spacial score (nSPS) is 12.3. The van der Waals surface area contributed by atoms with Crippen LogP contribution in [0.5, 0.6) is 0 Å². The van der Waals surface area contributed by atoms with E-state index in [2.05, 4.69) is 4.72 Å². The fourth-order valence-electron chi connectivity index (χ4n) is 2.20. The molecule has 2 rings (SSSR count). The number of carbonyl (C=O) groups is 2. The number of aryl methyl sites for hydroxylation is 2. The summed E-state index contributed by atoms with van der Waals surface area (Å²) in [5, 5.41) is 0. The van der Waals surface area contributed by atoms with E-state index in [0.29, 0.717) is 5.56 Å². The van der Waals surface area contributed by atoms with Crippen molar-refractivity contribution in [2.24, 2.45) is 5.73 Å². The number of amides is 1. The smallest absolute Gasteiger partial charge is 0.338 e. The maximum Gasteiger partial charge on any atom is 0.338 e. The lowest BCUT2D eigenvalue weighted by Gasteiger charge is -2.13. The van der Waals surface area contributed by atoms with Gasteiger partial charge >= 0.3 is 5.97 Å². The second-order valence-electron chi connectivity index (χ2n) is 5.91. The maximum absolute atomic E-state index is 12.6. The molecular formula is C18H20N2O5S. The fraction of sp³-hybridized carbons (Fsp3) is 0.222. The number of benzene rings is 2. The van der Waals surface area contributed by atoms with Crippen LogP contribution in [-0.4, -0.2) is 26.4 Å². The average molecular weight is 376 g/mol. The second-order valence-corrected chi connectivity index (χ2v) is 7.56. The average Bonchev–Trinajstić information content (AvgIpc) is 2.56. The van der Waals surface area contributed by atoms with Gasteiger partial charge in [-0.2, -0.15) is 0 Å². The van der Waals surface area contributed by atoms with E-state index in [4.69, 9.17) is 10.5 Å². The van der Waals surface area contributed by atoms with Gasteiger partial charge in [-0.05, 0) is 56.2 Å². The molecule has 0 bridgehead atoms. The Morgan fingerprint density at radius 1 is 1.12 bits per heavy atom. The first kappa shape index (κ1) is 19.5. The first-order chi connectivity index (χ1) is 12.1. The molecule has 0 aliphatic heterocycles. The molecular weight excluding hydrogens is 356 g/mol. The molecule has 1 atom stereocenters.